The third kappa shape index (κ3) is 2.17. The standard InChI is InChI=1S/C14H17N5O/c1-3-13-16-6-11-7-19(8-12(11)17-13)14(20)10(2)18-5-4-15-9-18/h4-6,9-10H,3,7-8H2,1-2H3/t10-/m1/s1. The number of nitrogens with zero attached hydrogens (tertiary/aromatic N) is 5. The van der Waals surface area contributed by atoms with Gasteiger partial charge in [-0.2, -0.15) is 0 Å². The quantitative estimate of drug-likeness (QED) is 0.845. The molecule has 1 amide bonds. The number of aryl methyl sites for hydroxylation is 1. The van der Waals surface area contributed by atoms with Crippen molar-refractivity contribution in [2.24, 2.45) is 0 Å². The minimum absolute atomic E-state index is 0.0825. The zero-order valence-electron chi connectivity index (χ0n) is 11.7. The molecule has 0 N–H and O–H groups in total. The first-order valence-electron chi connectivity index (χ1n) is 6.79. The molecule has 0 spiro atoms. The van der Waals surface area contributed by atoms with Crippen LogP contribution in [0.5, 0.6) is 0 Å². The average Bonchev–Trinajstić information content (AvgIpc) is 3.13. The van der Waals surface area contributed by atoms with Gasteiger partial charge in [0.15, 0.2) is 0 Å². The summed E-state index contributed by atoms with van der Waals surface area (Å²) in [5.41, 5.74) is 2.02. The second-order valence-corrected chi connectivity index (χ2v) is 4.99. The topological polar surface area (TPSA) is 63.9 Å². The van der Waals surface area contributed by atoms with E-state index in [2.05, 4.69) is 15.0 Å². The normalized spacial score (nSPS) is 15.2. The van der Waals surface area contributed by atoms with Gasteiger partial charge in [0.2, 0.25) is 5.91 Å². The maximum Gasteiger partial charge on any atom is 0.246 e. The second kappa shape index (κ2) is 5.03. The maximum atomic E-state index is 12.5. The van der Waals surface area contributed by atoms with E-state index < -0.39 is 0 Å². The molecule has 1 aliphatic heterocycles. The zero-order chi connectivity index (χ0) is 14.1. The molecule has 2 aromatic heterocycles. The summed E-state index contributed by atoms with van der Waals surface area (Å²) in [6, 6.07) is -0.245. The summed E-state index contributed by atoms with van der Waals surface area (Å²) in [5.74, 6) is 0.916. The molecule has 0 saturated carbocycles. The Morgan fingerprint density at radius 2 is 2.30 bits per heavy atom. The van der Waals surface area contributed by atoms with E-state index in [9.17, 15) is 4.79 Å². The van der Waals surface area contributed by atoms with E-state index in [4.69, 9.17) is 0 Å². The van der Waals surface area contributed by atoms with Gasteiger partial charge in [-0.15, -0.1) is 0 Å². The number of amides is 1. The van der Waals surface area contributed by atoms with Crippen LogP contribution in [0.15, 0.2) is 24.9 Å². The number of aromatic nitrogens is 4. The Kier molecular flexibility index (Phi) is 3.22. The summed E-state index contributed by atoms with van der Waals surface area (Å²) >= 11 is 0. The summed E-state index contributed by atoms with van der Waals surface area (Å²) in [7, 11) is 0. The molecule has 0 unspecified atom stereocenters. The number of hydrogen-bond acceptors (Lipinski definition) is 4. The van der Waals surface area contributed by atoms with E-state index in [-0.39, 0.29) is 11.9 Å². The molecule has 2 aromatic rings. The van der Waals surface area contributed by atoms with Crippen molar-refractivity contribution in [2.75, 3.05) is 0 Å². The fourth-order valence-corrected chi connectivity index (χ4v) is 2.41. The number of imidazole rings is 1. The van der Waals surface area contributed by atoms with Gasteiger partial charge in [-0.25, -0.2) is 15.0 Å². The molecular formula is C14H17N5O. The monoisotopic (exact) mass is 271 g/mol. The van der Waals surface area contributed by atoms with E-state index in [1.807, 2.05) is 29.5 Å². The molecule has 1 atom stereocenters. The molecule has 0 aromatic carbocycles. The molecule has 3 heterocycles. The fraction of sp³-hybridized carbons (Fsp3) is 0.429. The summed E-state index contributed by atoms with van der Waals surface area (Å²) in [5, 5.41) is 0. The van der Waals surface area contributed by atoms with Gasteiger partial charge < -0.3 is 9.47 Å². The highest BCUT2D eigenvalue weighted by molar-refractivity contribution is 5.80. The zero-order valence-corrected chi connectivity index (χ0v) is 11.7. The van der Waals surface area contributed by atoms with Crippen molar-refractivity contribution < 1.29 is 4.79 Å². The lowest BCUT2D eigenvalue weighted by atomic mass is 10.2. The van der Waals surface area contributed by atoms with Crippen molar-refractivity contribution in [1.29, 1.82) is 0 Å². The smallest absolute Gasteiger partial charge is 0.246 e. The molecule has 0 bridgehead atoms. The van der Waals surface area contributed by atoms with Crippen molar-refractivity contribution in [3.63, 3.8) is 0 Å². The van der Waals surface area contributed by atoms with Crippen molar-refractivity contribution >= 4 is 5.91 Å². The average molecular weight is 271 g/mol. The predicted octanol–water partition coefficient (Wildman–Crippen LogP) is 1.34. The highest BCUT2D eigenvalue weighted by Crippen LogP contribution is 2.23. The Morgan fingerprint density at radius 3 is 3.00 bits per heavy atom. The van der Waals surface area contributed by atoms with E-state index in [0.717, 1.165) is 23.5 Å². The summed E-state index contributed by atoms with van der Waals surface area (Å²) in [6.45, 7) is 5.08. The highest BCUT2D eigenvalue weighted by atomic mass is 16.2. The van der Waals surface area contributed by atoms with E-state index in [1.54, 1.807) is 18.7 Å². The number of rotatable bonds is 3. The van der Waals surface area contributed by atoms with E-state index in [1.165, 1.54) is 0 Å². The van der Waals surface area contributed by atoms with Gasteiger partial charge in [0, 0.05) is 37.1 Å². The molecular weight excluding hydrogens is 254 g/mol. The summed E-state index contributed by atoms with van der Waals surface area (Å²) < 4.78 is 1.81. The van der Waals surface area contributed by atoms with Crippen LogP contribution in [0, 0.1) is 0 Å². The van der Waals surface area contributed by atoms with Crippen LogP contribution in [0.25, 0.3) is 0 Å². The van der Waals surface area contributed by atoms with Gasteiger partial charge in [0.25, 0.3) is 0 Å². The summed E-state index contributed by atoms with van der Waals surface area (Å²) in [4.78, 5) is 27.1. The largest absolute Gasteiger partial charge is 0.331 e. The second-order valence-electron chi connectivity index (χ2n) is 4.99. The molecule has 104 valence electrons. The number of carbonyl (C=O) groups excluding carboxylic acids is 1. The van der Waals surface area contributed by atoms with E-state index >= 15 is 0 Å². The third-order valence-electron chi connectivity index (χ3n) is 3.66. The molecule has 1 aliphatic rings. The van der Waals surface area contributed by atoms with Gasteiger partial charge in [-0.3, -0.25) is 4.79 Å². The fourth-order valence-electron chi connectivity index (χ4n) is 2.41. The van der Waals surface area contributed by atoms with Gasteiger partial charge >= 0.3 is 0 Å². The predicted molar refractivity (Wildman–Crippen MR) is 72.6 cm³/mol. The first kappa shape index (κ1) is 12.8. The van der Waals surface area contributed by atoms with Crippen LogP contribution in [0.2, 0.25) is 0 Å². The molecule has 0 radical (unpaired) electrons. The Bertz CT molecular complexity index is 622. The Labute approximate surface area is 117 Å². The Morgan fingerprint density at radius 1 is 1.45 bits per heavy atom. The SMILES string of the molecule is CCc1ncc2c(n1)CN(C(=O)[C@@H](C)n1ccnc1)C2. The molecule has 6 nitrogen and oxygen atoms in total. The van der Waals surface area contributed by atoms with Crippen LogP contribution < -0.4 is 0 Å². The molecule has 0 saturated heterocycles. The number of hydrogen-bond donors (Lipinski definition) is 0. The van der Waals surface area contributed by atoms with Gasteiger partial charge in [-0.05, 0) is 6.92 Å². The van der Waals surface area contributed by atoms with Gasteiger partial charge in [-0.1, -0.05) is 6.92 Å². The molecule has 3 rings (SSSR count). The first-order chi connectivity index (χ1) is 9.69. The van der Waals surface area contributed by atoms with E-state index in [0.29, 0.717) is 13.1 Å². The van der Waals surface area contributed by atoms with Gasteiger partial charge in [0.1, 0.15) is 11.9 Å². The van der Waals surface area contributed by atoms with Crippen molar-refractivity contribution in [2.45, 2.75) is 39.4 Å². The molecule has 20 heavy (non-hydrogen) atoms. The third-order valence-corrected chi connectivity index (χ3v) is 3.66. The lowest BCUT2D eigenvalue weighted by molar-refractivity contribution is -0.134. The lowest BCUT2D eigenvalue weighted by Crippen LogP contribution is -2.31. The lowest BCUT2D eigenvalue weighted by Gasteiger charge is -2.20. The first-order valence-corrected chi connectivity index (χ1v) is 6.79. The minimum Gasteiger partial charge on any atom is -0.331 e. The van der Waals surface area contributed by atoms with Crippen LogP contribution in [-0.2, 0) is 24.3 Å². The van der Waals surface area contributed by atoms with Crippen molar-refractivity contribution in [1.82, 2.24) is 24.4 Å². The van der Waals surface area contributed by atoms with Crippen LogP contribution in [0.1, 0.15) is 37.0 Å². The van der Waals surface area contributed by atoms with Crippen LogP contribution in [-0.4, -0.2) is 30.3 Å². The van der Waals surface area contributed by atoms with Crippen molar-refractivity contribution in [3.05, 3.63) is 42.0 Å². The maximum absolute atomic E-state index is 12.5. The number of fused-ring (bicyclic) bond motifs is 1. The minimum atomic E-state index is -0.245. The van der Waals surface area contributed by atoms with Gasteiger partial charge in [0.05, 0.1) is 18.6 Å². The Balaban J connectivity index is 1.76. The Hall–Kier alpha value is -2.24. The van der Waals surface area contributed by atoms with Crippen LogP contribution >= 0.6 is 0 Å². The summed E-state index contributed by atoms with van der Waals surface area (Å²) in [6.07, 6.45) is 7.81. The molecule has 0 aliphatic carbocycles. The molecule has 6 heteroatoms. The molecule has 0 fully saturated rings. The highest BCUT2D eigenvalue weighted by Gasteiger charge is 2.28. The number of carbonyl (C=O) groups is 1. The van der Waals surface area contributed by atoms with Crippen LogP contribution in [0.4, 0.5) is 0 Å². The van der Waals surface area contributed by atoms with Crippen LogP contribution in [0.3, 0.4) is 0 Å². The van der Waals surface area contributed by atoms with Crippen molar-refractivity contribution in [3.8, 4) is 0 Å².